The minimum absolute atomic E-state index is 0.0332. The summed E-state index contributed by atoms with van der Waals surface area (Å²) >= 11 is 0. The number of benzene rings is 2. The molecule has 1 amide bonds. The second-order valence-electron chi connectivity index (χ2n) is 6.57. The number of rotatable bonds is 3. The van der Waals surface area contributed by atoms with Crippen LogP contribution in [0.1, 0.15) is 35.2 Å². The molecule has 2 aromatic rings. The Hall–Kier alpha value is -2.49. The van der Waals surface area contributed by atoms with Crippen LogP contribution in [-0.4, -0.2) is 25.5 Å². The molecule has 1 saturated heterocycles. The quantitative estimate of drug-likeness (QED) is 0.901. The molecule has 0 unspecified atom stereocenters. The molecule has 2 aromatic carbocycles. The summed E-state index contributed by atoms with van der Waals surface area (Å²) < 4.78 is 0. The van der Waals surface area contributed by atoms with Gasteiger partial charge in [0, 0.05) is 30.9 Å². The van der Waals surface area contributed by atoms with Crippen molar-refractivity contribution in [3.8, 4) is 0 Å². The van der Waals surface area contributed by atoms with Gasteiger partial charge in [-0.15, -0.1) is 0 Å². The maximum absolute atomic E-state index is 12.7. The van der Waals surface area contributed by atoms with Crippen LogP contribution < -0.4 is 15.5 Å². The number of hydrogen-bond acceptors (Lipinski definition) is 3. The van der Waals surface area contributed by atoms with E-state index in [0.717, 1.165) is 48.7 Å². The smallest absolute Gasteiger partial charge is 0.255 e. The Bertz CT molecular complexity index is 750. The molecule has 0 atom stereocenters. The lowest BCUT2D eigenvalue weighted by molar-refractivity contribution is 0.102. The van der Waals surface area contributed by atoms with Crippen molar-refractivity contribution in [2.24, 2.45) is 0 Å². The van der Waals surface area contributed by atoms with Crippen molar-refractivity contribution in [3.63, 3.8) is 0 Å². The molecule has 0 bridgehead atoms. The fourth-order valence-electron chi connectivity index (χ4n) is 3.63. The molecule has 0 radical (unpaired) electrons. The average Bonchev–Trinajstić information content (AvgIpc) is 3.10. The van der Waals surface area contributed by atoms with Crippen molar-refractivity contribution in [2.45, 2.75) is 25.7 Å². The van der Waals surface area contributed by atoms with Crippen LogP contribution in [0.25, 0.3) is 0 Å². The second-order valence-corrected chi connectivity index (χ2v) is 6.57. The fraction of sp³-hybridized carbons (Fsp3) is 0.350. The number of nitrogens with zero attached hydrogens (tertiary/aromatic N) is 1. The molecule has 4 heteroatoms. The van der Waals surface area contributed by atoms with E-state index < -0.39 is 0 Å². The summed E-state index contributed by atoms with van der Waals surface area (Å²) in [5, 5.41) is 6.44. The highest BCUT2D eigenvalue weighted by Crippen LogP contribution is 2.29. The predicted molar refractivity (Wildman–Crippen MR) is 99.1 cm³/mol. The summed E-state index contributed by atoms with van der Waals surface area (Å²) in [6.07, 6.45) is 4.73. The second kappa shape index (κ2) is 6.56. The van der Waals surface area contributed by atoms with Crippen LogP contribution in [0, 0.1) is 0 Å². The number of amides is 1. The molecule has 0 saturated carbocycles. The van der Waals surface area contributed by atoms with E-state index in [9.17, 15) is 4.79 Å². The standard InChI is InChI=1S/C20H23N3O/c24-20(16-8-9-17-15(14-16)10-11-21-17)22-18-6-2-3-7-19(18)23-12-4-1-5-13-23/h2-3,6-9,14,21H,1,4-5,10-13H2,(H,22,24). The summed E-state index contributed by atoms with van der Waals surface area (Å²) in [5.41, 5.74) is 5.15. The van der Waals surface area contributed by atoms with Crippen molar-refractivity contribution in [1.29, 1.82) is 0 Å². The fourth-order valence-corrected chi connectivity index (χ4v) is 3.63. The van der Waals surface area contributed by atoms with E-state index in [1.807, 2.05) is 36.4 Å². The van der Waals surface area contributed by atoms with Crippen LogP contribution in [-0.2, 0) is 6.42 Å². The van der Waals surface area contributed by atoms with Gasteiger partial charge in [0.1, 0.15) is 0 Å². The largest absolute Gasteiger partial charge is 0.384 e. The van der Waals surface area contributed by atoms with Gasteiger partial charge in [-0.25, -0.2) is 0 Å². The molecule has 24 heavy (non-hydrogen) atoms. The minimum Gasteiger partial charge on any atom is -0.384 e. The first kappa shape index (κ1) is 15.1. The number of carbonyl (C=O) groups is 1. The topological polar surface area (TPSA) is 44.4 Å². The lowest BCUT2D eigenvalue weighted by Gasteiger charge is -2.30. The summed E-state index contributed by atoms with van der Waals surface area (Å²) in [4.78, 5) is 15.1. The summed E-state index contributed by atoms with van der Waals surface area (Å²) in [6, 6.07) is 14.0. The van der Waals surface area contributed by atoms with Crippen molar-refractivity contribution in [2.75, 3.05) is 35.2 Å². The molecule has 0 spiro atoms. The molecule has 1 fully saturated rings. The zero-order valence-electron chi connectivity index (χ0n) is 13.8. The van der Waals surface area contributed by atoms with Gasteiger partial charge in [-0.2, -0.15) is 0 Å². The van der Waals surface area contributed by atoms with Crippen LogP contribution in [0.3, 0.4) is 0 Å². The Morgan fingerprint density at radius 2 is 1.88 bits per heavy atom. The Morgan fingerprint density at radius 3 is 2.75 bits per heavy atom. The van der Waals surface area contributed by atoms with Crippen LogP contribution in [0.2, 0.25) is 0 Å². The monoisotopic (exact) mass is 321 g/mol. The zero-order chi connectivity index (χ0) is 16.4. The molecule has 124 valence electrons. The van der Waals surface area contributed by atoms with Crippen molar-refractivity contribution in [1.82, 2.24) is 0 Å². The van der Waals surface area contributed by atoms with E-state index in [2.05, 4.69) is 21.6 Å². The van der Waals surface area contributed by atoms with Gasteiger partial charge in [-0.1, -0.05) is 12.1 Å². The Morgan fingerprint density at radius 1 is 1.04 bits per heavy atom. The third kappa shape index (κ3) is 2.96. The number of nitrogens with one attached hydrogen (secondary N) is 2. The van der Waals surface area contributed by atoms with Gasteiger partial charge in [-0.3, -0.25) is 4.79 Å². The Labute approximate surface area is 142 Å². The number of anilines is 3. The first-order valence-electron chi connectivity index (χ1n) is 8.83. The number of fused-ring (bicyclic) bond motifs is 1. The van der Waals surface area contributed by atoms with Gasteiger partial charge in [0.2, 0.25) is 0 Å². The van der Waals surface area contributed by atoms with E-state index in [0.29, 0.717) is 0 Å². The van der Waals surface area contributed by atoms with Crippen molar-refractivity contribution in [3.05, 3.63) is 53.6 Å². The Balaban J connectivity index is 1.55. The maximum atomic E-state index is 12.7. The van der Waals surface area contributed by atoms with Gasteiger partial charge in [0.05, 0.1) is 11.4 Å². The van der Waals surface area contributed by atoms with E-state index in [-0.39, 0.29) is 5.91 Å². The highest BCUT2D eigenvalue weighted by Gasteiger charge is 2.17. The summed E-state index contributed by atoms with van der Waals surface area (Å²) in [6.45, 7) is 3.09. The first-order valence-corrected chi connectivity index (χ1v) is 8.83. The first-order chi connectivity index (χ1) is 11.8. The lowest BCUT2D eigenvalue weighted by Crippen LogP contribution is -2.30. The van der Waals surface area contributed by atoms with Gasteiger partial charge < -0.3 is 15.5 Å². The summed E-state index contributed by atoms with van der Waals surface area (Å²) in [5.74, 6) is -0.0332. The van der Waals surface area contributed by atoms with Crippen LogP contribution >= 0.6 is 0 Å². The molecular formula is C20H23N3O. The summed E-state index contributed by atoms with van der Waals surface area (Å²) in [7, 11) is 0. The number of piperidine rings is 1. The van der Waals surface area contributed by atoms with Gasteiger partial charge in [0.25, 0.3) is 5.91 Å². The maximum Gasteiger partial charge on any atom is 0.255 e. The number of para-hydroxylation sites is 2. The normalized spacial score (nSPS) is 16.4. The molecule has 2 heterocycles. The number of carbonyl (C=O) groups excluding carboxylic acids is 1. The molecule has 2 aliphatic rings. The molecular weight excluding hydrogens is 298 g/mol. The molecule has 2 N–H and O–H groups in total. The van der Waals surface area contributed by atoms with Gasteiger partial charge in [-0.05, 0) is 61.6 Å². The van der Waals surface area contributed by atoms with Gasteiger partial charge in [0.15, 0.2) is 0 Å². The van der Waals surface area contributed by atoms with E-state index in [1.54, 1.807) is 0 Å². The minimum atomic E-state index is -0.0332. The van der Waals surface area contributed by atoms with Crippen LogP contribution in [0.4, 0.5) is 17.1 Å². The SMILES string of the molecule is O=C(Nc1ccccc1N1CCCCC1)c1ccc2c(c1)CCN2. The third-order valence-electron chi connectivity index (χ3n) is 4.93. The molecule has 0 aliphatic carbocycles. The molecule has 0 aromatic heterocycles. The van der Waals surface area contributed by atoms with Crippen molar-refractivity contribution >= 4 is 23.0 Å². The molecule has 4 nitrogen and oxygen atoms in total. The lowest BCUT2D eigenvalue weighted by atomic mass is 10.1. The molecule has 4 rings (SSSR count). The number of hydrogen-bond donors (Lipinski definition) is 2. The predicted octanol–water partition coefficient (Wildman–Crippen LogP) is 3.90. The average molecular weight is 321 g/mol. The zero-order valence-corrected chi connectivity index (χ0v) is 13.8. The van der Waals surface area contributed by atoms with Crippen LogP contribution in [0.15, 0.2) is 42.5 Å². The van der Waals surface area contributed by atoms with Crippen molar-refractivity contribution < 1.29 is 4.79 Å². The highest BCUT2D eigenvalue weighted by molar-refractivity contribution is 6.06. The van der Waals surface area contributed by atoms with Crippen LogP contribution in [0.5, 0.6) is 0 Å². The van der Waals surface area contributed by atoms with E-state index >= 15 is 0 Å². The Kier molecular flexibility index (Phi) is 4.11. The van der Waals surface area contributed by atoms with Gasteiger partial charge >= 0.3 is 0 Å². The molecule has 2 aliphatic heterocycles. The highest BCUT2D eigenvalue weighted by atomic mass is 16.1. The van der Waals surface area contributed by atoms with E-state index in [1.165, 1.54) is 24.8 Å². The van der Waals surface area contributed by atoms with E-state index in [4.69, 9.17) is 0 Å². The third-order valence-corrected chi connectivity index (χ3v) is 4.93.